The van der Waals surface area contributed by atoms with Crippen molar-refractivity contribution in [1.29, 1.82) is 0 Å². The lowest BCUT2D eigenvalue weighted by molar-refractivity contribution is 0.102. The third kappa shape index (κ3) is 1.76. The predicted molar refractivity (Wildman–Crippen MR) is 64.0 cm³/mol. The summed E-state index contributed by atoms with van der Waals surface area (Å²) in [6.45, 7) is 3.70. The molecule has 0 radical (unpaired) electrons. The number of aliphatic hydroxyl groups excluding tert-OH is 1. The van der Waals surface area contributed by atoms with E-state index in [1.807, 2.05) is 0 Å². The van der Waals surface area contributed by atoms with Crippen molar-refractivity contribution in [2.24, 2.45) is 11.3 Å². The molecule has 86 valence electrons. The predicted octanol–water partition coefficient (Wildman–Crippen LogP) is 1.89. The van der Waals surface area contributed by atoms with E-state index >= 15 is 0 Å². The zero-order chi connectivity index (χ0) is 11.0. The summed E-state index contributed by atoms with van der Waals surface area (Å²) in [5.74, 6) is 0.810. The minimum atomic E-state index is 0.271. The Labute approximate surface area is 96.9 Å². The third-order valence-corrected chi connectivity index (χ3v) is 4.26. The molecular weight excluding hydrogens is 198 g/mol. The molecule has 0 amide bonds. The molecule has 1 heterocycles. The van der Waals surface area contributed by atoms with Crippen molar-refractivity contribution in [3.63, 3.8) is 0 Å². The van der Waals surface area contributed by atoms with Gasteiger partial charge in [0.1, 0.15) is 0 Å². The van der Waals surface area contributed by atoms with Crippen molar-refractivity contribution in [3.05, 3.63) is 35.9 Å². The highest BCUT2D eigenvalue weighted by Crippen LogP contribution is 2.56. The Hall–Kier alpha value is -0.860. The molecule has 1 aromatic rings. The molecule has 0 spiro atoms. The minimum absolute atomic E-state index is 0.271. The first-order valence-corrected chi connectivity index (χ1v) is 6.19. The summed E-state index contributed by atoms with van der Waals surface area (Å²) in [6.07, 6.45) is 2.52. The molecule has 1 aliphatic carbocycles. The Morgan fingerprint density at radius 3 is 2.88 bits per heavy atom. The van der Waals surface area contributed by atoms with Crippen LogP contribution < -0.4 is 0 Å². The highest BCUT2D eigenvalue weighted by Gasteiger charge is 2.55. The van der Waals surface area contributed by atoms with Gasteiger partial charge in [0.15, 0.2) is 0 Å². The summed E-state index contributed by atoms with van der Waals surface area (Å²) < 4.78 is 0. The second-order valence-corrected chi connectivity index (χ2v) is 5.41. The molecule has 1 N–H and O–H groups in total. The van der Waals surface area contributed by atoms with Crippen LogP contribution in [0.5, 0.6) is 0 Å². The molecule has 16 heavy (non-hydrogen) atoms. The molecule has 1 saturated heterocycles. The van der Waals surface area contributed by atoms with E-state index in [0.29, 0.717) is 6.61 Å². The maximum atomic E-state index is 9.45. The standard InChI is InChI=1S/C14H19NO/c16-11-14-8-13(14)6-7-15(10-14)9-12-4-2-1-3-5-12/h1-5,13,16H,6-11H2/t13-,14+/m0/s1. The van der Waals surface area contributed by atoms with Gasteiger partial charge in [0, 0.05) is 18.5 Å². The second kappa shape index (κ2) is 3.86. The lowest BCUT2D eigenvalue weighted by Crippen LogP contribution is -2.37. The monoisotopic (exact) mass is 217 g/mol. The van der Waals surface area contributed by atoms with E-state index < -0.39 is 0 Å². The number of benzene rings is 1. The maximum Gasteiger partial charge on any atom is 0.0502 e. The summed E-state index contributed by atoms with van der Waals surface area (Å²) >= 11 is 0. The molecule has 2 aliphatic rings. The molecule has 1 aliphatic heterocycles. The van der Waals surface area contributed by atoms with Crippen LogP contribution in [0.4, 0.5) is 0 Å². The third-order valence-electron chi connectivity index (χ3n) is 4.26. The summed E-state index contributed by atoms with van der Waals surface area (Å²) in [7, 11) is 0. The Balaban J connectivity index is 1.64. The topological polar surface area (TPSA) is 23.5 Å². The van der Waals surface area contributed by atoms with E-state index in [9.17, 15) is 5.11 Å². The summed E-state index contributed by atoms with van der Waals surface area (Å²) in [5.41, 5.74) is 1.65. The number of fused-ring (bicyclic) bond motifs is 1. The average Bonchev–Trinajstić information content (AvgIpc) is 3.05. The molecule has 3 rings (SSSR count). The normalized spacial score (nSPS) is 33.4. The van der Waals surface area contributed by atoms with Crippen molar-refractivity contribution in [1.82, 2.24) is 4.90 Å². The Bertz CT molecular complexity index is 364. The molecule has 0 unspecified atom stereocenters. The molecule has 2 atom stereocenters. The zero-order valence-electron chi connectivity index (χ0n) is 9.60. The van der Waals surface area contributed by atoms with Crippen molar-refractivity contribution in [2.45, 2.75) is 19.4 Å². The summed E-state index contributed by atoms with van der Waals surface area (Å²) in [5, 5.41) is 9.45. The lowest BCUT2D eigenvalue weighted by Gasteiger charge is -2.31. The molecule has 2 heteroatoms. The van der Waals surface area contributed by atoms with Crippen molar-refractivity contribution in [2.75, 3.05) is 19.7 Å². The van der Waals surface area contributed by atoms with Gasteiger partial charge in [-0.25, -0.2) is 0 Å². The van der Waals surface area contributed by atoms with Crippen LogP contribution >= 0.6 is 0 Å². The van der Waals surface area contributed by atoms with Gasteiger partial charge in [0.2, 0.25) is 0 Å². The molecule has 0 bridgehead atoms. The van der Waals surface area contributed by atoms with E-state index in [2.05, 4.69) is 35.2 Å². The van der Waals surface area contributed by atoms with Gasteiger partial charge in [-0.3, -0.25) is 4.90 Å². The molecule has 0 aromatic heterocycles. The van der Waals surface area contributed by atoms with Crippen LogP contribution in [-0.2, 0) is 6.54 Å². The number of rotatable bonds is 3. The number of piperidine rings is 1. The highest BCUT2D eigenvalue weighted by molar-refractivity contribution is 5.15. The summed E-state index contributed by atoms with van der Waals surface area (Å²) in [4.78, 5) is 2.50. The van der Waals surface area contributed by atoms with E-state index in [-0.39, 0.29) is 5.41 Å². The minimum Gasteiger partial charge on any atom is -0.396 e. The fourth-order valence-corrected chi connectivity index (χ4v) is 3.12. The lowest BCUT2D eigenvalue weighted by atomic mass is 9.98. The molecular formula is C14H19NO. The Kier molecular flexibility index (Phi) is 2.49. The van der Waals surface area contributed by atoms with Gasteiger partial charge in [-0.2, -0.15) is 0 Å². The Morgan fingerprint density at radius 1 is 1.31 bits per heavy atom. The number of likely N-dealkylation sites (tertiary alicyclic amines) is 1. The maximum absolute atomic E-state index is 9.45. The van der Waals surface area contributed by atoms with Gasteiger partial charge in [0.05, 0.1) is 6.61 Å². The van der Waals surface area contributed by atoms with Crippen molar-refractivity contribution >= 4 is 0 Å². The fourth-order valence-electron chi connectivity index (χ4n) is 3.12. The average molecular weight is 217 g/mol. The van der Waals surface area contributed by atoms with Crippen LogP contribution in [-0.4, -0.2) is 29.7 Å². The first kappa shape index (κ1) is 10.3. The first-order valence-electron chi connectivity index (χ1n) is 6.19. The highest BCUT2D eigenvalue weighted by atomic mass is 16.3. The van der Waals surface area contributed by atoms with Crippen molar-refractivity contribution < 1.29 is 5.11 Å². The SMILES string of the molecule is OC[C@]12C[C@@H]1CCN(Cc1ccccc1)C2. The van der Waals surface area contributed by atoms with Gasteiger partial charge in [-0.05, 0) is 30.9 Å². The smallest absolute Gasteiger partial charge is 0.0502 e. The number of hydrogen-bond acceptors (Lipinski definition) is 2. The van der Waals surface area contributed by atoms with Crippen molar-refractivity contribution in [3.8, 4) is 0 Å². The van der Waals surface area contributed by atoms with Gasteiger partial charge in [-0.15, -0.1) is 0 Å². The van der Waals surface area contributed by atoms with E-state index in [4.69, 9.17) is 0 Å². The van der Waals surface area contributed by atoms with Gasteiger partial charge in [0.25, 0.3) is 0 Å². The molecule has 1 saturated carbocycles. The van der Waals surface area contributed by atoms with E-state index in [1.54, 1.807) is 0 Å². The summed E-state index contributed by atoms with van der Waals surface area (Å²) in [6, 6.07) is 10.6. The van der Waals surface area contributed by atoms with Gasteiger partial charge < -0.3 is 5.11 Å². The number of aliphatic hydroxyl groups is 1. The van der Waals surface area contributed by atoms with E-state index in [1.165, 1.54) is 24.9 Å². The number of hydrogen-bond donors (Lipinski definition) is 1. The van der Waals surface area contributed by atoms with Gasteiger partial charge >= 0.3 is 0 Å². The van der Waals surface area contributed by atoms with Crippen LogP contribution in [0, 0.1) is 11.3 Å². The Morgan fingerprint density at radius 2 is 2.12 bits per heavy atom. The largest absolute Gasteiger partial charge is 0.396 e. The number of nitrogens with zero attached hydrogens (tertiary/aromatic N) is 1. The molecule has 2 fully saturated rings. The van der Waals surface area contributed by atoms with E-state index in [0.717, 1.165) is 19.0 Å². The zero-order valence-corrected chi connectivity index (χ0v) is 9.60. The van der Waals surface area contributed by atoms with Crippen LogP contribution in [0.15, 0.2) is 30.3 Å². The van der Waals surface area contributed by atoms with Crippen LogP contribution in [0.3, 0.4) is 0 Å². The van der Waals surface area contributed by atoms with Crippen LogP contribution in [0.2, 0.25) is 0 Å². The fraction of sp³-hybridized carbons (Fsp3) is 0.571. The quantitative estimate of drug-likeness (QED) is 0.835. The van der Waals surface area contributed by atoms with Crippen LogP contribution in [0.1, 0.15) is 18.4 Å². The van der Waals surface area contributed by atoms with Gasteiger partial charge in [-0.1, -0.05) is 30.3 Å². The molecule has 2 nitrogen and oxygen atoms in total. The second-order valence-electron chi connectivity index (χ2n) is 5.41. The molecule has 1 aromatic carbocycles. The van der Waals surface area contributed by atoms with Crippen LogP contribution in [0.25, 0.3) is 0 Å². The first-order chi connectivity index (χ1) is 7.82.